The maximum Gasteiger partial charge on any atom is 0.326 e. The standard InChI is InChI=1S/C20H22N2O5/c1-13-6-4-8-16(10-13)22-19(24)14(2)27-18(23)12-21-20(25)15-7-5-9-17(11-15)26-3/h4-11,14H,12H2,1-3H3,(H,21,25)(H,22,24)/t14-/m0/s1. The van der Waals surface area contributed by atoms with E-state index in [0.29, 0.717) is 17.0 Å². The van der Waals surface area contributed by atoms with E-state index in [2.05, 4.69) is 10.6 Å². The summed E-state index contributed by atoms with van der Waals surface area (Å²) in [6, 6.07) is 13.8. The predicted molar refractivity (Wildman–Crippen MR) is 101 cm³/mol. The number of esters is 1. The molecule has 0 bridgehead atoms. The molecule has 0 aliphatic heterocycles. The number of hydrogen-bond donors (Lipinski definition) is 2. The van der Waals surface area contributed by atoms with E-state index in [0.717, 1.165) is 5.56 Å². The molecule has 7 nitrogen and oxygen atoms in total. The van der Waals surface area contributed by atoms with Gasteiger partial charge in [0.25, 0.3) is 11.8 Å². The number of carbonyl (C=O) groups is 3. The van der Waals surface area contributed by atoms with E-state index >= 15 is 0 Å². The zero-order chi connectivity index (χ0) is 19.8. The normalized spacial score (nSPS) is 11.2. The van der Waals surface area contributed by atoms with Crippen LogP contribution in [0.5, 0.6) is 5.75 Å². The molecule has 0 spiro atoms. The molecule has 2 N–H and O–H groups in total. The molecule has 0 aliphatic carbocycles. The Kier molecular flexibility index (Phi) is 6.93. The van der Waals surface area contributed by atoms with Crippen molar-refractivity contribution in [1.82, 2.24) is 5.32 Å². The maximum absolute atomic E-state index is 12.1. The van der Waals surface area contributed by atoms with Crippen LogP contribution in [0.4, 0.5) is 5.69 Å². The van der Waals surface area contributed by atoms with Crippen LogP contribution in [-0.4, -0.2) is 37.5 Å². The molecule has 1 atom stereocenters. The first kappa shape index (κ1) is 20.0. The SMILES string of the molecule is COc1cccc(C(=O)NCC(=O)O[C@@H](C)C(=O)Nc2cccc(C)c2)c1. The smallest absolute Gasteiger partial charge is 0.326 e. The predicted octanol–water partition coefficient (Wildman–Crippen LogP) is 2.30. The van der Waals surface area contributed by atoms with Gasteiger partial charge in [-0.25, -0.2) is 0 Å². The Balaban J connectivity index is 1.81. The number of methoxy groups -OCH3 is 1. The lowest BCUT2D eigenvalue weighted by Crippen LogP contribution is -2.35. The average molecular weight is 370 g/mol. The van der Waals surface area contributed by atoms with Crippen molar-refractivity contribution in [2.75, 3.05) is 19.0 Å². The second kappa shape index (κ2) is 9.38. The van der Waals surface area contributed by atoms with Gasteiger partial charge in [0, 0.05) is 11.3 Å². The number of ether oxygens (including phenoxy) is 2. The van der Waals surface area contributed by atoms with E-state index in [1.807, 2.05) is 19.1 Å². The van der Waals surface area contributed by atoms with Gasteiger partial charge in [-0.2, -0.15) is 0 Å². The van der Waals surface area contributed by atoms with Crippen molar-refractivity contribution >= 4 is 23.5 Å². The first-order chi connectivity index (χ1) is 12.9. The molecule has 27 heavy (non-hydrogen) atoms. The van der Waals surface area contributed by atoms with Gasteiger partial charge < -0.3 is 20.1 Å². The van der Waals surface area contributed by atoms with Crippen LogP contribution in [0.3, 0.4) is 0 Å². The third kappa shape index (κ3) is 6.14. The zero-order valence-corrected chi connectivity index (χ0v) is 15.4. The second-order valence-electron chi connectivity index (χ2n) is 5.91. The van der Waals surface area contributed by atoms with E-state index < -0.39 is 23.9 Å². The Hall–Kier alpha value is -3.35. The summed E-state index contributed by atoms with van der Waals surface area (Å²) in [5.41, 5.74) is 1.97. The summed E-state index contributed by atoms with van der Waals surface area (Å²) in [4.78, 5) is 36.0. The van der Waals surface area contributed by atoms with Crippen LogP contribution in [0.25, 0.3) is 0 Å². The molecule has 142 valence electrons. The molecule has 2 rings (SSSR count). The molecular weight excluding hydrogens is 348 g/mol. The van der Waals surface area contributed by atoms with Crippen LogP contribution >= 0.6 is 0 Å². The summed E-state index contributed by atoms with van der Waals surface area (Å²) < 4.78 is 10.1. The molecule has 2 aromatic rings. The van der Waals surface area contributed by atoms with Crippen LogP contribution in [0.15, 0.2) is 48.5 Å². The Bertz CT molecular complexity index is 835. The van der Waals surface area contributed by atoms with Crippen LogP contribution in [0, 0.1) is 6.92 Å². The van der Waals surface area contributed by atoms with Crippen molar-refractivity contribution in [3.63, 3.8) is 0 Å². The van der Waals surface area contributed by atoms with Crippen LogP contribution in [-0.2, 0) is 14.3 Å². The first-order valence-corrected chi connectivity index (χ1v) is 8.38. The number of amides is 2. The number of hydrogen-bond acceptors (Lipinski definition) is 5. The van der Waals surface area contributed by atoms with Crippen molar-refractivity contribution in [3.05, 3.63) is 59.7 Å². The summed E-state index contributed by atoms with van der Waals surface area (Å²) in [7, 11) is 1.50. The fourth-order valence-corrected chi connectivity index (χ4v) is 2.28. The minimum Gasteiger partial charge on any atom is -0.497 e. The molecule has 0 aromatic heterocycles. The molecule has 0 radical (unpaired) electrons. The molecule has 0 aliphatic rings. The molecule has 0 saturated heterocycles. The van der Waals surface area contributed by atoms with E-state index in [4.69, 9.17) is 9.47 Å². The van der Waals surface area contributed by atoms with Gasteiger partial charge in [-0.3, -0.25) is 14.4 Å². The summed E-state index contributed by atoms with van der Waals surface area (Å²) in [5.74, 6) is -1.07. The third-order valence-corrected chi connectivity index (χ3v) is 3.69. The molecule has 2 amide bonds. The number of aryl methyl sites for hydroxylation is 1. The Morgan fingerprint density at radius 1 is 1.07 bits per heavy atom. The Labute approximate surface area is 157 Å². The number of benzene rings is 2. The number of nitrogens with one attached hydrogen (secondary N) is 2. The fraction of sp³-hybridized carbons (Fsp3) is 0.250. The van der Waals surface area contributed by atoms with Gasteiger partial charge in [-0.15, -0.1) is 0 Å². The molecular formula is C20H22N2O5. The summed E-state index contributed by atoms with van der Waals surface area (Å²) in [6.45, 7) is 3.02. The summed E-state index contributed by atoms with van der Waals surface area (Å²) in [5, 5.41) is 5.12. The van der Waals surface area contributed by atoms with Gasteiger partial charge in [-0.05, 0) is 49.7 Å². The highest BCUT2D eigenvalue weighted by molar-refractivity contribution is 5.97. The zero-order valence-electron chi connectivity index (χ0n) is 15.4. The highest BCUT2D eigenvalue weighted by Crippen LogP contribution is 2.12. The van der Waals surface area contributed by atoms with Crippen molar-refractivity contribution in [3.8, 4) is 5.75 Å². The fourth-order valence-electron chi connectivity index (χ4n) is 2.28. The first-order valence-electron chi connectivity index (χ1n) is 8.38. The van der Waals surface area contributed by atoms with Gasteiger partial charge >= 0.3 is 5.97 Å². The monoisotopic (exact) mass is 370 g/mol. The molecule has 0 unspecified atom stereocenters. The number of rotatable bonds is 7. The van der Waals surface area contributed by atoms with E-state index in [-0.39, 0.29) is 6.54 Å². The Morgan fingerprint density at radius 2 is 1.81 bits per heavy atom. The van der Waals surface area contributed by atoms with E-state index in [9.17, 15) is 14.4 Å². The Morgan fingerprint density at radius 3 is 2.52 bits per heavy atom. The van der Waals surface area contributed by atoms with Crippen molar-refractivity contribution in [2.24, 2.45) is 0 Å². The van der Waals surface area contributed by atoms with E-state index in [1.165, 1.54) is 14.0 Å². The molecule has 2 aromatic carbocycles. The largest absolute Gasteiger partial charge is 0.497 e. The lowest BCUT2D eigenvalue weighted by molar-refractivity contribution is -0.152. The topological polar surface area (TPSA) is 93.7 Å². The maximum atomic E-state index is 12.1. The molecule has 0 saturated carbocycles. The quantitative estimate of drug-likeness (QED) is 0.730. The van der Waals surface area contributed by atoms with E-state index in [1.54, 1.807) is 36.4 Å². The third-order valence-electron chi connectivity index (χ3n) is 3.69. The molecule has 0 heterocycles. The van der Waals surface area contributed by atoms with Crippen molar-refractivity contribution in [2.45, 2.75) is 20.0 Å². The summed E-state index contributed by atoms with van der Waals surface area (Å²) >= 11 is 0. The van der Waals surface area contributed by atoms with Gasteiger partial charge in [0.15, 0.2) is 6.10 Å². The number of anilines is 1. The van der Waals surface area contributed by atoms with Crippen LogP contribution < -0.4 is 15.4 Å². The van der Waals surface area contributed by atoms with Crippen molar-refractivity contribution in [1.29, 1.82) is 0 Å². The molecule has 0 fully saturated rings. The van der Waals surface area contributed by atoms with Gasteiger partial charge in [0.1, 0.15) is 12.3 Å². The average Bonchev–Trinajstić information content (AvgIpc) is 2.66. The number of carbonyl (C=O) groups excluding carboxylic acids is 3. The van der Waals surface area contributed by atoms with Gasteiger partial charge in [0.2, 0.25) is 0 Å². The minimum absolute atomic E-state index is 0.349. The van der Waals surface area contributed by atoms with Crippen LogP contribution in [0.2, 0.25) is 0 Å². The van der Waals surface area contributed by atoms with Crippen molar-refractivity contribution < 1.29 is 23.9 Å². The lowest BCUT2D eigenvalue weighted by Gasteiger charge is -2.14. The lowest BCUT2D eigenvalue weighted by atomic mass is 10.2. The minimum atomic E-state index is -0.994. The second-order valence-corrected chi connectivity index (χ2v) is 5.91. The molecule has 7 heteroatoms. The highest BCUT2D eigenvalue weighted by atomic mass is 16.5. The highest BCUT2D eigenvalue weighted by Gasteiger charge is 2.18. The van der Waals surface area contributed by atoms with Gasteiger partial charge in [-0.1, -0.05) is 18.2 Å². The van der Waals surface area contributed by atoms with Crippen LogP contribution in [0.1, 0.15) is 22.8 Å². The summed E-state index contributed by atoms with van der Waals surface area (Å²) in [6.07, 6.45) is -0.994. The van der Waals surface area contributed by atoms with Gasteiger partial charge in [0.05, 0.1) is 7.11 Å².